The first-order chi connectivity index (χ1) is 10.2. The molecule has 0 aliphatic rings. The number of carbonyl (C=O) groups is 1. The fourth-order valence-electron chi connectivity index (χ4n) is 2.05. The Hall–Kier alpha value is -1.82. The average Bonchev–Trinajstić information content (AvgIpc) is 2.86. The topological polar surface area (TPSA) is 67.8 Å². The molecule has 2 aromatic rings. The van der Waals surface area contributed by atoms with Gasteiger partial charge in [0, 0.05) is 12.1 Å². The summed E-state index contributed by atoms with van der Waals surface area (Å²) in [4.78, 5) is 24.2. The van der Waals surface area contributed by atoms with Crippen LogP contribution in [0.5, 0.6) is 0 Å². The van der Waals surface area contributed by atoms with Gasteiger partial charge in [-0.15, -0.1) is 5.10 Å². The Kier molecular flexibility index (Phi) is 5.38. The van der Waals surface area contributed by atoms with Crippen molar-refractivity contribution in [2.45, 2.75) is 43.6 Å². The van der Waals surface area contributed by atoms with Gasteiger partial charge in [-0.05, 0) is 12.8 Å². The normalized spacial score (nSPS) is 12.3. The number of nitrogens with one attached hydrogen (secondary N) is 1. The highest BCUT2D eigenvalue weighted by Crippen LogP contribution is 2.25. The number of carbonyl (C=O) groups excluding carboxylic acids is 1. The summed E-state index contributed by atoms with van der Waals surface area (Å²) in [6.07, 6.45) is 1.53. The first-order valence-electron chi connectivity index (χ1n) is 7.08. The molecule has 0 aliphatic heterocycles. The van der Waals surface area contributed by atoms with Gasteiger partial charge in [0.05, 0.1) is 5.25 Å². The number of hydrogen-bond donors (Lipinski definition) is 1. The average molecular weight is 305 g/mol. The second kappa shape index (κ2) is 7.26. The highest BCUT2D eigenvalue weighted by atomic mass is 32.2. The molecule has 0 amide bonds. The van der Waals surface area contributed by atoms with Crippen molar-refractivity contribution in [2.75, 3.05) is 0 Å². The minimum absolute atomic E-state index is 0.0709. The Morgan fingerprint density at radius 3 is 2.67 bits per heavy atom. The highest BCUT2D eigenvalue weighted by molar-refractivity contribution is 8.00. The van der Waals surface area contributed by atoms with Crippen LogP contribution in [-0.4, -0.2) is 25.8 Å². The zero-order chi connectivity index (χ0) is 15.2. The number of benzene rings is 1. The molecule has 0 saturated carbocycles. The Bertz CT molecular complexity index is 648. The lowest BCUT2D eigenvalue weighted by Gasteiger charge is -2.13. The van der Waals surface area contributed by atoms with Gasteiger partial charge in [0.1, 0.15) is 0 Å². The minimum Gasteiger partial charge on any atom is -0.293 e. The van der Waals surface area contributed by atoms with E-state index in [-0.39, 0.29) is 16.7 Å². The van der Waals surface area contributed by atoms with Gasteiger partial charge in [0.25, 0.3) is 0 Å². The first-order valence-corrected chi connectivity index (χ1v) is 7.96. The minimum atomic E-state index is -0.238. The van der Waals surface area contributed by atoms with E-state index in [1.807, 2.05) is 44.2 Å². The summed E-state index contributed by atoms with van der Waals surface area (Å²) in [5.41, 5.74) is 0.470. The van der Waals surface area contributed by atoms with Crippen molar-refractivity contribution in [3.8, 4) is 0 Å². The molecule has 1 atom stereocenters. The van der Waals surface area contributed by atoms with Crippen LogP contribution in [0.4, 0.5) is 0 Å². The van der Waals surface area contributed by atoms with E-state index >= 15 is 0 Å². The summed E-state index contributed by atoms with van der Waals surface area (Å²) in [6.45, 7) is 4.57. The highest BCUT2D eigenvalue weighted by Gasteiger charge is 2.22. The van der Waals surface area contributed by atoms with Crippen LogP contribution in [-0.2, 0) is 6.54 Å². The Morgan fingerprint density at radius 1 is 1.33 bits per heavy atom. The lowest BCUT2D eigenvalue weighted by molar-refractivity contribution is 0.0988. The molecule has 1 unspecified atom stereocenters. The third-order valence-electron chi connectivity index (χ3n) is 3.14. The molecule has 112 valence electrons. The predicted octanol–water partition coefficient (Wildman–Crippen LogP) is 2.74. The van der Waals surface area contributed by atoms with Crippen LogP contribution in [0, 0.1) is 0 Å². The number of aromatic nitrogens is 3. The van der Waals surface area contributed by atoms with E-state index in [9.17, 15) is 9.59 Å². The maximum absolute atomic E-state index is 12.5. The second-order valence-corrected chi connectivity index (χ2v) is 5.88. The maximum atomic E-state index is 12.5. The summed E-state index contributed by atoms with van der Waals surface area (Å²) in [5, 5.41) is 6.83. The molecule has 6 heteroatoms. The smallest absolute Gasteiger partial charge is 0.293 e. The van der Waals surface area contributed by atoms with Crippen molar-refractivity contribution < 1.29 is 4.79 Å². The molecule has 1 heterocycles. The van der Waals surface area contributed by atoms with E-state index in [4.69, 9.17) is 0 Å². The number of aromatic amines is 1. The monoisotopic (exact) mass is 305 g/mol. The van der Waals surface area contributed by atoms with Crippen LogP contribution in [0.15, 0.2) is 40.3 Å². The van der Waals surface area contributed by atoms with E-state index in [2.05, 4.69) is 10.2 Å². The molecule has 0 saturated heterocycles. The Balaban J connectivity index is 2.20. The standard InChI is InChI=1S/C15H19N3O2S/c1-3-10-18-14(20)16-17-15(18)21-12(4-2)13(19)11-8-6-5-7-9-11/h5-9,12H,3-4,10H2,1-2H3,(H,16,20). The predicted molar refractivity (Wildman–Crippen MR) is 83.8 cm³/mol. The van der Waals surface area contributed by atoms with Gasteiger partial charge in [-0.2, -0.15) is 0 Å². The van der Waals surface area contributed by atoms with Crippen molar-refractivity contribution in [2.24, 2.45) is 0 Å². The molecule has 1 N–H and O–H groups in total. The van der Waals surface area contributed by atoms with Crippen LogP contribution in [0.1, 0.15) is 37.0 Å². The van der Waals surface area contributed by atoms with E-state index in [1.54, 1.807) is 4.57 Å². The van der Waals surface area contributed by atoms with Crippen LogP contribution in [0.2, 0.25) is 0 Å². The number of thioether (sulfide) groups is 1. The van der Waals surface area contributed by atoms with Gasteiger partial charge in [-0.25, -0.2) is 9.89 Å². The van der Waals surface area contributed by atoms with Gasteiger partial charge in [-0.1, -0.05) is 55.9 Å². The number of H-pyrrole nitrogens is 1. The molecule has 0 aliphatic carbocycles. The van der Waals surface area contributed by atoms with Crippen LogP contribution >= 0.6 is 11.8 Å². The Morgan fingerprint density at radius 2 is 2.05 bits per heavy atom. The lowest BCUT2D eigenvalue weighted by Crippen LogP contribution is -2.20. The molecule has 0 radical (unpaired) electrons. The van der Waals surface area contributed by atoms with Gasteiger partial charge >= 0.3 is 5.69 Å². The van der Waals surface area contributed by atoms with Gasteiger partial charge in [0.15, 0.2) is 10.9 Å². The molecule has 5 nitrogen and oxygen atoms in total. The fourth-order valence-corrected chi connectivity index (χ4v) is 3.12. The van der Waals surface area contributed by atoms with Gasteiger partial charge in [-0.3, -0.25) is 9.36 Å². The van der Waals surface area contributed by atoms with Crippen molar-refractivity contribution >= 4 is 17.5 Å². The van der Waals surface area contributed by atoms with Gasteiger partial charge < -0.3 is 0 Å². The molecule has 2 rings (SSSR count). The van der Waals surface area contributed by atoms with Crippen LogP contribution in [0.25, 0.3) is 0 Å². The summed E-state index contributed by atoms with van der Waals surface area (Å²) in [6, 6.07) is 9.22. The third kappa shape index (κ3) is 3.64. The molecular formula is C15H19N3O2S. The quantitative estimate of drug-likeness (QED) is 0.631. The van der Waals surface area contributed by atoms with Crippen molar-refractivity contribution in [1.82, 2.24) is 14.8 Å². The zero-order valence-corrected chi connectivity index (χ0v) is 13.0. The molecule has 0 spiro atoms. The van der Waals surface area contributed by atoms with Crippen molar-refractivity contribution in [3.63, 3.8) is 0 Å². The third-order valence-corrected chi connectivity index (χ3v) is 4.49. The number of hydrogen-bond acceptors (Lipinski definition) is 4. The van der Waals surface area contributed by atoms with E-state index in [1.165, 1.54) is 11.8 Å². The van der Waals surface area contributed by atoms with Crippen molar-refractivity contribution in [1.29, 1.82) is 0 Å². The van der Waals surface area contributed by atoms with E-state index < -0.39 is 0 Å². The molecule has 0 bridgehead atoms. The van der Waals surface area contributed by atoms with Crippen LogP contribution < -0.4 is 5.69 Å². The SMILES string of the molecule is CCCn1c(SC(CC)C(=O)c2ccccc2)n[nH]c1=O. The zero-order valence-electron chi connectivity index (χ0n) is 12.2. The number of rotatable bonds is 7. The Labute approximate surface area is 127 Å². The first kappa shape index (κ1) is 15.6. The van der Waals surface area contributed by atoms with Gasteiger partial charge in [0.2, 0.25) is 0 Å². The lowest BCUT2D eigenvalue weighted by atomic mass is 10.1. The second-order valence-electron chi connectivity index (χ2n) is 4.71. The molecule has 21 heavy (non-hydrogen) atoms. The molecule has 1 aromatic carbocycles. The van der Waals surface area contributed by atoms with E-state index in [0.29, 0.717) is 23.7 Å². The summed E-state index contributed by atoms with van der Waals surface area (Å²) < 4.78 is 1.59. The molecule has 1 aromatic heterocycles. The van der Waals surface area contributed by atoms with Crippen LogP contribution in [0.3, 0.4) is 0 Å². The molecular weight excluding hydrogens is 286 g/mol. The largest absolute Gasteiger partial charge is 0.343 e. The van der Waals surface area contributed by atoms with E-state index in [0.717, 1.165) is 6.42 Å². The summed E-state index contributed by atoms with van der Waals surface area (Å²) in [7, 11) is 0. The summed E-state index contributed by atoms with van der Waals surface area (Å²) in [5.74, 6) is 0.0709. The van der Waals surface area contributed by atoms with Crippen molar-refractivity contribution in [3.05, 3.63) is 46.4 Å². The maximum Gasteiger partial charge on any atom is 0.343 e. The number of nitrogens with zero attached hydrogens (tertiary/aromatic N) is 2. The number of Topliss-reactive ketones (excluding diaryl/α,β-unsaturated/α-hetero) is 1. The fraction of sp³-hybridized carbons (Fsp3) is 0.400. The summed E-state index contributed by atoms with van der Waals surface area (Å²) >= 11 is 1.35. The number of ketones is 1. The molecule has 0 fully saturated rings.